The number of nitrogens with zero attached hydrogens (tertiary/aromatic N) is 2. The molecule has 0 radical (unpaired) electrons. The first-order chi connectivity index (χ1) is 12.0. The van der Waals surface area contributed by atoms with Crippen molar-refractivity contribution >= 4 is 29.1 Å². The summed E-state index contributed by atoms with van der Waals surface area (Å²) in [4.78, 5) is 16.9. The van der Waals surface area contributed by atoms with Crippen LogP contribution in [0.25, 0.3) is 0 Å². The first kappa shape index (κ1) is 18.2. The third kappa shape index (κ3) is 4.97. The molecule has 0 bridgehead atoms. The summed E-state index contributed by atoms with van der Waals surface area (Å²) >= 11 is 12.0. The molecule has 25 heavy (non-hydrogen) atoms. The summed E-state index contributed by atoms with van der Waals surface area (Å²) in [7, 11) is 0. The highest BCUT2D eigenvalue weighted by Gasteiger charge is 2.22. The van der Waals surface area contributed by atoms with Crippen LogP contribution in [0.3, 0.4) is 0 Å². The Balaban J connectivity index is 1.52. The smallest absolute Gasteiger partial charge is 0.254 e. The molecule has 1 saturated heterocycles. The van der Waals surface area contributed by atoms with Crippen molar-refractivity contribution < 1.29 is 4.79 Å². The number of piperazine rings is 1. The minimum absolute atomic E-state index is 0.00253. The van der Waals surface area contributed by atoms with E-state index in [9.17, 15) is 4.79 Å². The number of rotatable bonds is 4. The van der Waals surface area contributed by atoms with Crippen molar-refractivity contribution in [2.24, 2.45) is 0 Å². The molecule has 1 fully saturated rings. The van der Waals surface area contributed by atoms with Gasteiger partial charge in [0.05, 0.1) is 0 Å². The molecule has 2 aromatic rings. The Hall–Kier alpha value is -1.55. The van der Waals surface area contributed by atoms with Gasteiger partial charge in [0.15, 0.2) is 0 Å². The number of carbonyl (C=O) groups is 1. The highest BCUT2D eigenvalue weighted by atomic mass is 35.5. The van der Waals surface area contributed by atoms with E-state index in [1.807, 2.05) is 4.90 Å². The van der Waals surface area contributed by atoms with Gasteiger partial charge in [0, 0.05) is 48.3 Å². The molecule has 5 heteroatoms. The average Bonchev–Trinajstić information content (AvgIpc) is 2.59. The first-order valence-electron chi connectivity index (χ1n) is 8.54. The second-order valence-electron chi connectivity index (χ2n) is 6.53. The zero-order chi connectivity index (χ0) is 17.8. The van der Waals surface area contributed by atoms with Crippen molar-refractivity contribution in [3.8, 4) is 0 Å². The van der Waals surface area contributed by atoms with Crippen molar-refractivity contribution in [3.05, 3.63) is 69.2 Å². The van der Waals surface area contributed by atoms with Crippen molar-refractivity contribution in [1.29, 1.82) is 0 Å². The maximum absolute atomic E-state index is 12.6. The Labute approximate surface area is 159 Å². The van der Waals surface area contributed by atoms with Crippen LogP contribution < -0.4 is 0 Å². The molecule has 3 rings (SSSR count). The molecule has 0 unspecified atom stereocenters. The van der Waals surface area contributed by atoms with Crippen LogP contribution in [0.1, 0.15) is 21.5 Å². The van der Waals surface area contributed by atoms with E-state index in [1.165, 1.54) is 11.1 Å². The van der Waals surface area contributed by atoms with E-state index >= 15 is 0 Å². The average molecular weight is 377 g/mol. The largest absolute Gasteiger partial charge is 0.336 e. The molecule has 132 valence electrons. The van der Waals surface area contributed by atoms with Gasteiger partial charge in [-0.3, -0.25) is 9.69 Å². The quantitative estimate of drug-likeness (QED) is 0.793. The summed E-state index contributed by atoms with van der Waals surface area (Å²) < 4.78 is 0. The standard InChI is InChI=1S/C20H22Cl2N2O/c1-15-3-2-4-16(11-15)5-6-23-7-9-24(10-8-23)20(25)17-12-18(21)14-19(22)13-17/h2-4,11-14H,5-10H2,1H3. The van der Waals surface area contributed by atoms with Crippen LogP contribution >= 0.6 is 23.2 Å². The molecule has 0 spiro atoms. The van der Waals surface area contributed by atoms with Crippen LogP contribution in [-0.2, 0) is 6.42 Å². The van der Waals surface area contributed by atoms with E-state index < -0.39 is 0 Å². The number of halogens is 2. The minimum atomic E-state index is 0.00253. The minimum Gasteiger partial charge on any atom is -0.336 e. The van der Waals surface area contributed by atoms with Crippen LogP contribution in [0.5, 0.6) is 0 Å². The molecule has 0 aromatic heterocycles. The van der Waals surface area contributed by atoms with Crippen molar-refractivity contribution in [3.63, 3.8) is 0 Å². The molecule has 0 atom stereocenters. The Morgan fingerprint density at radius 2 is 1.68 bits per heavy atom. The number of amides is 1. The summed E-state index contributed by atoms with van der Waals surface area (Å²) in [6.07, 6.45) is 1.04. The summed E-state index contributed by atoms with van der Waals surface area (Å²) in [5.41, 5.74) is 3.23. The van der Waals surface area contributed by atoms with Crippen molar-refractivity contribution in [1.82, 2.24) is 9.80 Å². The summed E-state index contributed by atoms with van der Waals surface area (Å²) in [5.74, 6) is 0.00253. The van der Waals surface area contributed by atoms with Crippen LogP contribution in [0, 0.1) is 6.92 Å². The third-order valence-electron chi connectivity index (χ3n) is 4.57. The molecule has 1 aliphatic rings. The zero-order valence-corrected chi connectivity index (χ0v) is 15.9. The topological polar surface area (TPSA) is 23.6 Å². The van der Waals surface area contributed by atoms with E-state index in [4.69, 9.17) is 23.2 Å². The van der Waals surface area contributed by atoms with Gasteiger partial charge in [-0.1, -0.05) is 53.0 Å². The van der Waals surface area contributed by atoms with Gasteiger partial charge >= 0.3 is 0 Å². The lowest BCUT2D eigenvalue weighted by atomic mass is 10.1. The highest BCUT2D eigenvalue weighted by molar-refractivity contribution is 6.35. The van der Waals surface area contributed by atoms with Crippen LogP contribution in [0.4, 0.5) is 0 Å². The third-order valence-corrected chi connectivity index (χ3v) is 5.00. The maximum Gasteiger partial charge on any atom is 0.254 e. The Morgan fingerprint density at radius 3 is 2.32 bits per heavy atom. The van der Waals surface area contributed by atoms with E-state index in [1.54, 1.807) is 18.2 Å². The molecule has 3 nitrogen and oxygen atoms in total. The molecule has 0 saturated carbocycles. The molecule has 1 aliphatic heterocycles. The lowest BCUT2D eigenvalue weighted by Crippen LogP contribution is -2.49. The van der Waals surface area contributed by atoms with Crippen molar-refractivity contribution in [2.45, 2.75) is 13.3 Å². The van der Waals surface area contributed by atoms with Crippen molar-refractivity contribution in [2.75, 3.05) is 32.7 Å². The second-order valence-corrected chi connectivity index (χ2v) is 7.40. The van der Waals surface area contributed by atoms with E-state index in [-0.39, 0.29) is 5.91 Å². The van der Waals surface area contributed by atoms with Gasteiger partial charge in [0.2, 0.25) is 0 Å². The zero-order valence-electron chi connectivity index (χ0n) is 14.3. The van der Waals surface area contributed by atoms with Gasteiger partial charge < -0.3 is 4.90 Å². The second kappa shape index (κ2) is 8.22. The lowest BCUT2D eigenvalue weighted by Gasteiger charge is -2.34. The number of carbonyl (C=O) groups excluding carboxylic acids is 1. The fourth-order valence-electron chi connectivity index (χ4n) is 3.19. The summed E-state index contributed by atoms with van der Waals surface area (Å²) in [5, 5.41) is 0.986. The van der Waals surface area contributed by atoms with E-state index in [2.05, 4.69) is 36.1 Å². The predicted molar refractivity (Wildman–Crippen MR) is 104 cm³/mol. The van der Waals surface area contributed by atoms with Gasteiger partial charge in [0.25, 0.3) is 5.91 Å². The lowest BCUT2D eigenvalue weighted by molar-refractivity contribution is 0.0638. The molecule has 0 N–H and O–H groups in total. The monoisotopic (exact) mass is 376 g/mol. The predicted octanol–water partition coefficient (Wildman–Crippen LogP) is 4.30. The molecule has 1 amide bonds. The van der Waals surface area contributed by atoms with E-state index in [0.717, 1.165) is 39.1 Å². The Bertz CT molecular complexity index is 735. The van der Waals surface area contributed by atoms with Gasteiger partial charge in [-0.2, -0.15) is 0 Å². The van der Waals surface area contributed by atoms with Gasteiger partial charge in [0.1, 0.15) is 0 Å². The van der Waals surface area contributed by atoms with Crippen LogP contribution in [0.15, 0.2) is 42.5 Å². The number of benzene rings is 2. The SMILES string of the molecule is Cc1cccc(CCN2CCN(C(=O)c3cc(Cl)cc(Cl)c3)CC2)c1. The fraction of sp³-hybridized carbons (Fsp3) is 0.350. The molecule has 1 heterocycles. The molecular weight excluding hydrogens is 355 g/mol. The highest BCUT2D eigenvalue weighted by Crippen LogP contribution is 2.20. The number of hydrogen-bond acceptors (Lipinski definition) is 2. The molecule has 2 aromatic carbocycles. The van der Waals surface area contributed by atoms with Gasteiger partial charge in [-0.15, -0.1) is 0 Å². The first-order valence-corrected chi connectivity index (χ1v) is 9.30. The van der Waals surface area contributed by atoms with Gasteiger partial charge in [-0.05, 0) is 37.1 Å². The van der Waals surface area contributed by atoms with E-state index in [0.29, 0.717) is 15.6 Å². The normalized spacial score (nSPS) is 15.4. The maximum atomic E-state index is 12.6. The van der Waals surface area contributed by atoms with Gasteiger partial charge in [-0.25, -0.2) is 0 Å². The van der Waals surface area contributed by atoms with Crippen LogP contribution in [-0.4, -0.2) is 48.4 Å². The Kier molecular flexibility index (Phi) is 6.00. The van der Waals surface area contributed by atoms with Crippen LogP contribution in [0.2, 0.25) is 10.0 Å². The number of hydrogen-bond donors (Lipinski definition) is 0. The summed E-state index contributed by atoms with van der Waals surface area (Å²) in [6, 6.07) is 13.6. The summed E-state index contributed by atoms with van der Waals surface area (Å²) in [6.45, 7) is 6.40. The Morgan fingerprint density at radius 1 is 1.00 bits per heavy atom. The fourth-order valence-corrected chi connectivity index (χ4v) is 3.72. The molecular formula is C20H22Cl2N2O. The molecule has 0 aliphatic carbocycles. The number of aryl methyl sites for hydroxylation is 1.